The Labute approximate surface area is 117 Å². The molecule has 1 atom stereocenters. The Morgan fingerprint density at radius 1 is 1.20 bits per heavy atom. The van der Waals surface area contributed by atoms with Gasteiger partial charge in [0.25, 0.3) is 0 Å². The van der Waals surface area contributed by atoms with E-state index in [0.717, 1.165) is 16.7 Å². The lowest BCUT2D eigenvalue weighted by molar-refractivity contribution is -0.116. The van der Waals surface area contributed by atoms with Crippen molar-refractivity contribution in [2.75, 3.05) is 0 Å². The molecule has 1 heterocycles. The average molecular weight is 265 g/mol. The summed E-state index contributed by atoms with van der Waals surface area (Å²) in [7, 11) is 0. The fourth-order valence-corrected chi connectivity index (χ4v) is 2.69. The van der Waals surface area contributed by atoms with E-state index >= 15 is 0 Å². The van der Waals surface area contributed by atoms with Crippen LogP contribution in [0.25, 0.3) is 5.57 Å². The fraction of sp³-hybridized carbons (Fsp3) is 0.176. The number of hydrogen-bond acceptors (Lipinski definition) is 3. The van der Waals surface area contributed by atoms with Crippen molar-refractivity contribution in [2.45, 2.75) is 18.9 Å². The van der Waals surface area contributed by atoms with Gasteiger partial charge in [-0.15, -0.1) is 0 Å². The number of aliphatic hydroxyl groups is 1. The molecule has 0 bridgehead atoms. The second-order valence-corrected chi connectivity index (χ2v) is 5.17. The minimum absolute atomic E-state index is 0.0548. The van der Waals surface area contributed by atoms with Crippen molar-refractivity contribution in [3.8, 4) is 0 Å². The van der Waals surface area contributed by atoms with Gasteiger partial charge in [-0.25, -0.2) is 0 Å². The zero-order valence-corrected chi connectivity index (χ0v) is 11.2. The van der Waals surface area contributed by atoms with Gasteiger partial charge in [-0.3, -0.25) is 9.78 Å². The van der Waals surface area contributed by atoms with Crippen LogP contribution in [0.4, 0.5) is 0 Å². The van der Waals surface area contributed by atoms with Crippen LogP contribution in [0.5, 0.6) is 0 Å². The first kappa shape index (κ1) is 12.8. The molecule has 100 valence electrons. The summed E-state index contributed by atoms with van der Waals surface area (Å²) < 4.78 is 0. The van der Waals surface area contributed by atoms with Crippen LogP contribution in [-0.4, -0.2) is 15.9 Å². The molecule has 0 saturated carbocycles. The highest BCUT2D eigenvalue weighted by molar-refractivity contribution is 6.05. The van der Waals surface area contributed by atoms with Crippen molar-refractivity contribution in [1.29, 1.82) is 0 Å². The maximum atomic E-state index is 11.8. The van der Waals surface area contributed by atoms with Crippen molar-refractivity contribution >= 4 is 11.4 Å². The zero-order valence-electron chi connectivity index (χ0n) is 11.2. The molecule has 0 amide bonds. The van der Waals surface area contributed by atoms with Crippen molar-refractivity contribution in [3.63, 3.8) is 0 Å². The van der Waals surface area contributed by atoms with Crippen molar-refractivity contribution in [1.82, 2.24) is 4.98 Å². The summed E-state index contributed by atoms with van der Waals surface area (Å²) in [6.07, 6.45) is 4.96. The SMILES string of the molecule is Cc1cccc(C2(O)CC(=O)C=C2c2ccncc2)c1. The first-order chi connectivity index (χ1) is 9.59. The summed E-state index contributed by atoms with van der Waals surface area (Å²) in [6, 6.07) is 11.3. The number of hydrogen-bond donors (Lipinski definition) is 1. The Balaban J connectivity index is 2.13. The molecule has 1 aliphatic carbocycles. The molecule has 1 aliphatic rings. The maximum Gasteiger partial charge on any atom is 0.159 e. The molecule has 1 unspecified atom stereocenters. The Morgan fingerprint density at radius 3 is 2.65 bits per heavy atom. The Kier molecular flexibility index (Phi) is 2.99. The molecule has 0 saturated heterocycles. The van der Waals surface area contributed by atoms with Crippen LogP contribution in [-0.2, 0) is 10.4 Å². The van der Waals surface area contributed by atoms with Gasteiger partial charge >= 0.3 is 0 Å². The molecule has 3 rings (SSSR count). The van der Waals surface area contributed by atoms with Crippen LogP contribution >= 0.6 is 0 Å². The molecular formula is C17H15NO2. The van der Waals surface area contributed by atoms with E-state index in [-0.39, 0.29) is 12.2 Å². The van der Waals surface area contributed by atoms with Gasteiger partial charge in [0.1, 0.15) is 5.60 Å². The van der Waals surface area contributed by atoms with Gasteiger partial charge in [-0.2, -0.15) is 0 Å². The number of aryl methyl sites for hydroxylation is 1. The first-order valence-electron chi connectivity index (χ1n) is 6.54. The molecule has 0 radical (unpaired) electrons. The number of allylic oxidation sites excluding steroid dienone is 1. The van der Waals surface area contributed by atoms with Crippen LogP contribution in [0.2, 0.25) is 0 Å². The average Bonchev–Trinajstić information content (AvgIpc) is 2.76. The topological polar surface area (TPSA) is 50.2 Å². The van der Waals surface area contributed by atoms with Gasteiger partial charge in [0, 0.05) is 18.8 Å². The summed E-state index contributed by atoms with van der Waals surface area (Å²) in [5, 5.41) is 11.1. The molecule has 2 aromatic rings. The Hall–Kier alpha value is -2.26. The van der Waals surface area contributed by atoms with Gasteiger partial charge < -0.3 is 5.11 Å². The second kappa shape index (κ2) is 4.69. The number of carbonyl (C=O) groups excluding carboxylic acids is 1. The zero-order chi connectivity index (χ0) is 14.2. The predicted octanol–water partition coefficient (Wildman–Crippen LogP) is 2.63. The van der Waals surface area contributed by atoms with Gasteiger partial charge in [0.15, 0.2) is 5.78 Å². The van der Waals surface area contributed by atoms with E-state index in [1.807, 2.05) is 43.3 Å². The summed E-state index contributed by atoms with van der Waals surface area (Å²) in [5.74, 6) is -0.0548. The van der Waals surface area contributed by atoms with E-state index < -0.39 is 5.60 Å². The molecule has 3 nitrogen and oxygen atoms in total. The molecule has 1 aromatic heterocycles. The van der Waals surface area contributed by atoms with Crippen LogP contribution in [0.1, 0.15) is 23.1 Å². The van der Waals surface area contributed by atoms with Gasteiger partial charge in [-0.1, -0.05) is 29.8 Å². The van der Waals surface area contributed by atoms with Gasteiger partial charge in [0.2, 0.25) is 0 Å². The Morgan fingerprint density at radius 2 is 1.95 bits per heavy atom. The van der Waals surface area contributed by atoms with Crippen LogP contribution in [0.3, 0.4) is 0 Å². The number of benzene rings is 1. The highest BCUT2D eigenvalue weighted by Crippen LogP contribution is 2.43. The summed E-state index contributed by atoms with van der Waals surface area (Å²) in [5.41, 5.74) is 2.05. The molecule has 3 heteroatoms. The van der Waals surface area contributed by atoms with E-state index in [1.165, 1.54) is 6.08 Å². The Bertz CT molecular complexity index is 691. The predicted molar refractivity (Wildman–Crippen MR) is 76.9 cm³/mol. The molecular weight excluding hydrogens is 250 g/mol. The number of nitrogens with zero attached hydrogens (tertiary/aromatic N) is 1. The molecule has 1 aromatic carbocycles. The molecule has 0 spiro atoms. The lowest BCUT2D eigenvalue weighted by Crippen LogP contribution is -2.25. The monoisotopic (exact) mass is 265 g/mol. The standard InChI is InChI=1S/C17H15NO2/c1-12-3-2-4-14(9-12)17(20)11-15(19)10-16(17)13-5-7-18-8-6-13/h2-10,20H,11H2,1H3. The van der Waals surface area contributed by atoms with E-state index in [2.05, 4.69) is 4.98 Å². The van der Waals surface area contributed by atoms with Crippen molar-refractivity contribution in [3.05, 3.63) is 71.6 Å². The van der Waals surface area contributed by atoms with E-state index in [0.29, 0.717) is 5.57 Å². The quantitative estimate of drug-likeness (QED) is 0.908. The fourth-order valence-electron chi connectivity index (χ4n) is 2.69. The number of ketones is 1. The molecule has 1 N–H and O–H groups in total. The minimum atomic E-state index is -1.25. The van der Waals surface area contributed by atoms with E-state index in [1.54, 1.807) is 12.4 Å². The van der Waals surface area contributed by atoms with Gasteiger partial charge in [-0.05, 0) is 41.8 Å². The summed E-state index contributed by atoms with van der Waals surface area (Å²) >= 11 is 0. The number of rotatable bonds is 2. The minimum Gasteiger partial charge on any atom is -0.380 e. The molecule has 0 fully saturated rings. The van der Waals surface area contributed by atoms with Crippen LogP contribution < -0.4 is 0 Å². The van der Waals surface area contributed by atoms with Crippen LogP contribution in [0.15, 0.2) is 54.9 Å². The number of aromatic nitrogens is 1. The maximum absolute atomic E-state index is 11.8. The van der Waals surface area contributed by atoms with Gasteiger partial charge in [0.05, 0.1) is 0 Å². The van der Waals surface area contributed by atoms with Crippen molar-refractivity contribution in [2.24, 2.45) is 0 Å². The van der Waals surface area contributed by atoms with Crippen LogP contribution in [0, 0.1) is 6.92 Å². The largest absolute Gasteiger partial charge is 0.380 e. The highest BCUT2D eigenvalue weighted by atomic mass is 16.3. The molecule has 0 aliphatic heterocycles. The first-order valence-corrected chi connectivity index (χ1v) is 6.54. The summed E-state index contributed by atoms with van der Waals surface area (Å²) in [4.78, 5) is 15.8. The third-order valence-corrected chi connectivity index (χ3v) is 3.67. The van der Waals surface area contributed by atoms with Crippen molar-refractivity contribution < 1.29 is 9.90 Å². The number of pyridine rings is 1. The lowest BCUT2D eigenvalue weighted by Gasteiger charge is -2.27. The normalized spacial score (nSPS) is 21.9. The number of carbonyl (C=O) groups is 1. The lowest BCUT2D eigenvalue weighted by atomic mass is 9.83. The molecule has 20 heavy (non-hydrogen) atoms. The smallest absolute Gasteiger partial charge is 0.159 e. The third-order valence-electron chi connectivity index (χ3n) is 3.67. The second-order valence-electron chi connectivity index (χ2n) is 5.17. The van der Waals surface area contributed by atoms with E-state index in [4.69, 9.17) is 0 Å². The highest BCUT2D eigenvalue weighted by Gasteiger charge is 2.41. The van der Waals surface area contributed by atoms with E-state index in [9.17, 15) is 9.90 Å². The summed E-state index contributed by atoms with van der Waals surface area (Å²) in [6.45, 7) is 1.97. The third kappa shape index (κ3) is 2.06.